The van der Waals surface area contributed by atoms with Gasteiger partial charge in [0.15, 0.2) is 5.82 Å². The largest absolute Gasteiger partial charge is 0.353 e. The Morgan fingerprint density at radius 2 is 1.48 bits per heavy atom. The zero-order valence-corrected chi connectivity index (χ0v) is 14.2. The molecule has 0 radical (unpaired) electrons. The van der Waals surface area contributed by atoms with Gasteiger partial charge in [-0.3, -0.25) is 0 Å². The highest BCUT2D eigenvalue weighted by molar-refractivity contribution is 5.48. The summed E-state index contributed by atoms with van der Waals surface area (Å²) in [6, 6.07) is 6.09. The average molecular weight is 313 g/mol. The molecule has 7 heteroatoms. The maximum absolute atomic E-state index is 4.66. The topological polar surface area (TPSA) is 61.3 Å². The van der Waals surface area contributed by atoms with Crippen LogP contribution in [0.25, 0.3) is 0 Å². The van der Waals surface area contributed by atoms with Gasteiger partial charge in [-0.25, -0.2) is 4.98 Å². The van der Waals surface area contributed by atoms with Gasteiger partial charge in [0.2, 0.25) is 5.95 Å². The summed E-state index contributed by atoms with van der Waals surface area (Å²) in [4.78, 5) is 15.6. The molecular formula is C16H23N7. The van der Waals surface area contributed by atoms with E-state index in [1.807, 2.05) is 51.0 Å². The molecule has 122 valence electrons. The smallest absolute Gasteiger partial charge is 0.226 e. The molecule has 23 heavy (non-hydrogen) atoms. The summed E-state index contributed by atoms with van der Waals surface area (Å²) in [5, 5.41) is 8.42. The Labute approximate surface area is 137 Å². The van der Waals surface area contributed by atoms with E-state index in [1.54, 1.807) is 0 Å². The second kappa shape index (κ2) is 6.36. The molecule has 2 aromatic heterocycles. The Bertz CT molecular complexity index is 661. The molecule has 0 N–H and O–H groups in total. The molecule has 1 aliphatic heterocycles. The minimum absolute atomic E-state index is 0.756. The Hall–Kier alpha value is -2.44. The molecule has 0 spiro atoms. The third-order valence-corrected chi connectivity index (χ3v) is 3.94. The van der Waals surface area contributed by atoms with Crippen LogP contribution in [0.5, 0.6) is 0 Å². The van der Waals surface area contributed by atoms with Crippen LogP contribution in [0.15, 0.2) is 18.2 Å². The third kappa shape index (κ3) is 3.49. The highest BCUT2D eigenvalue weighted by Crippen LogP contribution is 2.20. The van der Waals surface area contributed by atoms with Crippen molar-refractivity contribution in [2.75, 3.05) is 55.0 Å². The van der Waals surface area contributed by atoms with E-state index in [4.69, 9.17) is 0 Å². The first kappa shape index (κ1) is 15.5. The van der Waals surface area contributed by atoms with Crippen molar-refractivity contribution in [3.05, 3.63) is 29.6 Å². The first-order chi connectivity index (χ1) is 11.0. The summed E-state index contributed by atoms with van der Waals surface area (Å²) in [5.74, 6) is 2.70. The van der Waals surface area contributed by atoms with Crippen molar-refractivity contribution in [3.8, 4) is 0 Å². The third-order valence-electron chi connectivity index (χ3n) is 3.94. The number of hydrogen-bond acceptors (Lipinski definition) is 7. The molecule has 0 aliphatic carbocycles. The van der Waals surface area contributed by atoms with Gasteiger partial charge in [0, 0.05) is 52.0 Å². The maximum Gasteiger partial charge on any atom is 0.226 e. The summed E-state index contributed by atoms with van der Waals surface area (Å²) in [7, 11) is 3.93. The quantitative estimate of drug-likeness (QED) is 0.846. The second-order valence-corrected chi connectivity index (χ2v) is 6.07. The summed E-state index contributed by atoms with van der Waals surface area (Å²) < 4.78 is 0. The predicted molar refractivity (Wildman–Crippen MR) is 92.3 cm³/mol. The van der Waals surface area contributed by atoms with Crippen molar-refractivity contribution in [3.63, 3.8) is 0 Å². The molecule has 0 bridgehead atoms. The highest BCUT2D eigenvalue weighted by atomic mass is 15.3. The standard InChI is InChI=1S/C16H23N7/c1-12-5-6-14(20-19-12)22-7-9-23(10-8-22)15-11-13(2)17-16(18-15)21(3)4/h5-6,11H,7-10H2,1-4H3. The molecule has 3 rings (SSSR count). The van der Waals surface area contributed by atoms with Gasteiger partial charge >= 0.3 is 0 Å². The molecule has 0 unspecified atom stereocenters. The first-order valence-corrected chi connectivity index (χ1v) is 7.86. The summed E-state index contributed by atoms with van der Waals surface area (Å²) in [6.45, 7) is 7.62. The van der Waals surface area contributed by atoms with Crippen LogP contribution < -0.4 is 14.7 Å². The molecule has 0 atom stereocenters. The summed E-state index contributed by atoms with van der Waals surface area (Å²) >= 11 is 0. The molecule has 0 amide bonds. The Balaban J connectivity index is 1.70. The number of aryl methyl sites for hydroxylation is 2. The SMILES string of the molecule is Cc1ccc(N2CCN(c3cc(C)nc(N(C)C)n3)CC2)nn1. The molecule has 3 heterocycles. The van der Waals surface area contributed by atoms with Gasteiger partial charge in [0.25, 0.3) is 0 Å². The molecule has 1 fully saturated rings. The highest BCUT2D eigenvalue weighted by Gasteiger charge is 2.20. The van der Waals surface area contributed by atoms with Crippen molar-refractivity contribution < 1.29 is 0 Å². The molecule has 0 aromatic carbocycles. The van der Waals surface area contributed by atoms with Crippen LogP contribution in [0, 0.1) is 13.8 Å². The van der Waals surface area contributed by atoms with Crippen molar-refractivity contribution in [2.45, 2.75) is 13.8 Å². The van der Waals surface area contributed by atoms with Crippen LogP contribution in [0.3, 0.4) is 0 Å². The number of nitrogens with zero attached hydrogens (tertiary/aromatic N) is 7. The van der Waals surface area contributed by atoms with E-state index in [1.165, 1.54) is 0 Å². The Morgan fingerprint density at radius 3 is 2.04 bits per heavy atom. The van der Waals surface area contributed by atoms with Crippen molar-refractivity contribution in [1.29, 1.82) is 0 Å². The lowest BCUT2D eigenvalue weighted by atomic mass is 10.3. The first-order valence-electron chi connectivity index (χ1n) is 7.86. The van der Waals surface area contributed by atoms with Gasteiger partial charge in [-0.1, -0.05) is 0 Å². The molecule has 1 aliphatic rings. The minimum Gasteiger partial charge on any atom is -0.353 e. The number of rotatable bonds is 3. The van der Waals surface area contributed by atoms with Crippen molar-refractivity contribution in [2.24, 2.45) is 0 Å². The zero-order chi connectivity index (χ0) is 16.4. The average Bonchev–Trinajstić information content (AvgIpc) is 2.55. The monoisotopic (exact) mass is 313 g/mol. The summed E-state index contributed by atoms with van der Waals surface area (Å²) in [6.07, 6.45) is 0. The Kier molecular flexibility index (Phi) is 4.27. The van der Waals surface area contributed by atoms with E-state index in [9.17, 15) is 0 Å². The Morgan fingerprint density at radius 1 is 0.826 bits per heavy atom. The van der Waals surface area contributed by atoms with Crippen molar-refractivity contribution >= 4 is 17.6 Å². The number of anilines is 3. The lowest BCUT2D eigenvalue weighted by Gasteiger charge is -2.36. The predicted octanol–water partition coefficient (Wildman–Crippen LogP) is 1.28. The lowest BCUT2D eigenvalue weighted by Crippen LogP contribution is -2.47. The number of aromatic nitrogens is 4. The van der Waals surface area contributed by atoms with Crippen LogP contribution in [0.2, 0.25) is 0 Å². The zero-order valence-electron chi connectivity index (χ0n) is 14.2. The van der Waals surface area contributed by atoms with E-state index in [0.29, 0.717) is 0 Å². The van der Waals surface area contributed by atoms with Crippen molar-refractivity contribution in [1.82, 2.24) is 20.2 Å². The van der Waals surface area contributed by atoms with E-state index in [0.717, 1.165) is 55.2 Å². The van der Waals surface area contributed by atoms with Gasteiger partial charge < -0.3 is 14.7 Å². The van der Waals surface area contributed by atoms with E-state index in [2.05, 4.69) is 30.0 Å². The van der Waals surface area contributed by atoms with E-state index >= 15 is 0 Å². The molecule has 2 aromatic rings. The minimum atomic E-state index is 0.756. The molecule has 1 saturated heterocycles. The normalized spacial score (nSPS) is 15.0. The van der Waals surface area contributed by atoms with Gasteiger partial charge in [-0.15, -0.1) is 5.10 Å². The fourth-order valence-electron chi connectivity index (χ4n) is 2.62. The van der Waals surface area contributed by atoms with Gasteiger partial charge in [-0.2, -0.15) is 10.1 Å². The number of hydrogen-bond donors (Lipinski definition) is 0. The van der Waals surface area contributed by atoms with Crippen LogP contribution in [-0.4, -0.2) is 60.4 Å². The fraction of sp³-hybridized carbons (Fsp3) is 0.500. The molecule has 0 saturated carbocycles. The van der Waals surface area contributed by atoms with Crippen LogP contribution in [0.1, 0.15) is 11.4 Å². The second-order valence-electron chi connectivity index (χ2n) is 6.07. The number of piperazine rings is 1. The molecular weight excluding hydrogens is 290 g/mol. The lowest BCUT2D eigenvalue weighted by molar-refractivity contribution is 0.636. The fourth-order valence-corrected chi connectivity index (χ4v) is 2.62. The van der Waals surface area contributed by atoms with Crippen LogP contribution >= 0.6 is 0 Å². The van der Waals surface area contributed by atoms with Gasteiger partial charge in [0.05, 0.1) is 5.69 Å². The van der Waals surface area contributed by atoms with E-state index in [-0.39, 0.29) is 0 Å². The van der Waals surface area contributed by atoms with Crippen LogP contribution in [-0.2, 0) is 0 Å². The van der Waals surface area contributed by atoms with Gasteiger partial charge in [0.1, 0.15) is 5.82 Å². The van der Waals surface area contributed by atoms with E-state index < -0.39 is 0 Å². The van der Waals surface area contributed by atoms with Gasteiger partial charge in [-0.05, 0) is 26.0 Å². The summed E-state index contributed by atoms with van der Waals surface area (Å²) in [5.41, 5.74) is 1.94. The maximum atomic E-state index is 4.66. The molecule has 7 nitrogen and oxygen atoms in total. The van der Waals surface area contributed by atoms with Crippen LogP contribution in [0.4, 0.5) is 17.6 Å².